The van der Waals surface area contributed by atoms with E-state index in [0.29, 0.717) is 22.8 Å². The number of nitrogens with one attached hydrogen (secondary N) is 1. The Balaban J connectivity index is 1.62. The van der Waals surface area contributed by atoms with Crippen molar-refractivity contribution >= 4 is 22.8 Å². The van der Waals surface area contributed by atoms with Crippen molar-refractivity contribution in [3.8, 4) is 11.4 Å². The molecule has 0 aliphatic heterocycles. The molecule has 1 N–H and O–H groups in total. The van der Waals surface area contributed by atoms with Crippen LogP contribution in [0, 0.1) is 13.8 Å². The lowest BCUT2D eigenvalue weighted by molar-refractivity contribution is -0.116. The molecule has 9 heteroatoms. The maximum absolute atomic E-state index is 12.8. The first-order valence-electron chi connectivity index (χ1n) is 9.28. The highest BCUT2D eigenvalue weighted by Gasteiger charge is 2.15. The van der Waals surface area contributed by atoms with Gasteiger partial charge in [-0.2, -0.15) is 4.68 Å². The molecule has 30 heavy (non-hydrogen) atoms. The van der Waals surface area contributed by atoms with Crippen LogP contribution in [0.15, 0.2) is 53.6 Å². The quantitative estimate of drug-likeness (QED) is 0.547. The van der Waals surface area contributed by atoms with E-state index >= 15 is 0 Å². The van der Waals surface area contributed by atoms with Crippen LogP contribution in [0.5, 0.6) is 5.75 Å². The molecule has 2 heterocycles. The molecule has 4 aromatic rings. The molecule has 0 saturated heterocycles. The number of fused-ring (bicyclic) bond motifs is 1. The summed E-state index contributed by atoms with van der Waals surface area (Å²) in [6.45, 7) is 3.68. The van der Waals surface area contributed by atoms with Gasteiger partial charge in [0.1, 0.15) is 18.6 Å². The predicted octanol–water partition coefficient (Wildman–Crippen LogP) is 2.24. The molecule has 0 radical (unpaired) electrons. The third-order valence-corrected chi connectivity index (χ3v) is 4.71. The van der Waals surface area contributed by atoms with Gasteiger partial charge in [0.25, 0.3) is 5.56 Å². The maximum Gasteiger partial charge on any atom is 0.284 e. The van der Waals surface area contributed by atoms with E-state index in [-0.39, 0.29) is 18.0 Å². The molecule has 0 saturated carbocycles. The van der Waals surface area contributed by atoms with Gasteiger partial charge >= 0.3 is 0 Å². The zero-order valence-electron chi connectivity index (χ0n) is 16.8. The Morgan fingerprint density at radius 1 is 1.17 bits per heavy atom. The number of benzene rings is 2. The van der Waals surface area contributed by atoms with E-state index < -0.39 is 5.56 Å². The molecule has 9 nitrogen and oxygen atoms in total. The summed E-state index contributed by atoms with van der Waals surface area (Å²) in [7, 11) is 1.57. The van der Waals surface area contributed by atoms with Gasteiger partial charge in [0.2, 0.25) is 5.91 Å². The third-order valence-electron chi connectivity index (χ3n) is 4.71. The van der Waals surface area contributed by atoms with E-state index in [1.165, 1.54) is 15.6 Å². The number of rotatable bonds is 5. The number of hydrogen-bond donors (Lipinski definition) is 1. The van der Waals surface area contributed by atoms with E-state index in [1.54, 1.807) is 25.3 Å². The van der Waals surface area contributed by atoms with Gasteiger partial charge in [0.05, 0.1) is 12.8 Å². The van der Waals surface area contributed by atoms with Crippen molar-refractivity contribution in [1.82, 2.24) is 24.5 Å². The van der Waals surface area contributed by atoms with E-state index in [2.05, 4.69) is 20.6 Å². The fraction of sp³-hybridized carbons (Fsp3) is 0.190. The first-order valence-corrected chi connectivity index (χ1v) is 9.28. The molecule has 0 spiro atoms. The molecule has 4 rings (SSSR count). The highest BCUT2D eigenvalue weighted by Crippen LogP contribution is 2.18. The summed E-state index contributed by atoms with van der Waals surface area (Å²) in [4.78, 5) is 29.6. The van der Waals surface area contributed by atoms with Crippen LogP contribution in [0.25, 0.3) is 16.9 Å². The summed E-state index contributed by atoms with van der Waals surface area (Å²) < 4.78 is 7.90. The number of amides is 1. The van der Waals surface area contributed by atoms with E-state index in [0.717, 1.165) is 11.1 Å². The van der Waals surface area contributed by atoms with Crippen molar-refractivity contribution in [2.24, 2.45) is 0 Å². The Morgan fingerprint density at radius 2 is 2.00 bits per heavy atom. The highest BCUT2D eigenvalue weighted by atomic mass is 16.5. The van der Waals surface area contributed by atoms with Crippen LogP contribution in [0.1, 0.15) is 11.1 Å². The monoisotopic (exact) mass is 404 g/mol. The number of aryl methyl sites for hydroxylation is 2. The highest BCUT2D eigenvalue weighted by molar-refractivity contribution is 5.91. The van der Waals surface area contributed by atoms with Gasteiger partial charge in [-0.15, -0.1) is 5.10 Å². The second kappa shape index (κ2) is 7.78. The fourth-order valence-corrected chi connectivity index (χ4v) is 3.09. The van der Waals surface area contributed by atoms with E-state index in [1.807, 2.05) is 38.1 Å². The summed E-state index contributed by atoms with van der Waals surface area (Å²) in [5.74, 6) is 0.319. The third kappa shape index (κ3) is 3.64. The lowest BCUT2D eigenvalue weighted by Gasteiger charge is -2.10. The van der Waals surface area contributed by atoms with Crippen molar-refractivity contribution in [2.75, 3.05) is 12.4 Å². The molecule has 2 aromatic heterocycles. The Labute approximate surface area is 171 Å². The minimum Gasteiger partial charge on any atom is -0.497 e. The summed E-state index contributed by atoms with van der Waals surface area (Å²) >= 11 is 0. The lowest BCUT2D eigenvalue weighted by Crippen LogP contribution is -2.28. The van der Waals surface area contributed by atoms with Crippen molar-refractivity contribution in [1.29, 1.82) is 0 Å². The van der Waals surface area contributed by atoms with Crippen molar-refractivity contribution < 1.29 is 9.53 Å². The number of carbonyl (C=O) groups excluding carboxylic acids is 1. The Morgan fingerprint density at radius 3 is 2.80 bits per heavy atom. The van der Waals surface area contributed by atoms with Crippen LogP contribution >= 0.6 is 0 Å². The lowest BCUT2D eigenvalue weighted by atomic mass is 10.1. The van der Waals surface area contributed by atoms with Gasteiger partial charge in [-0.05, 0) is 43.2 Å². The van der Waals surface area contributed by atoms with Gasteiger partial charge in [-0.25, -0.2) is 4.98 Å². The van der Waals surface area contributed by atoms with Crippen molar-refractivity contribution in [3.05, 3.63) is 70.3 Å². The van der Waals surface area contributed by atoms with Gasteiger partial charge in [0.15, 0.2) is 11.2 Å². The normalized spacial score (nSPS) is 10.9. The van der Waals surface area contributed by atoms with Crippen LogP contribution in [0.4, 0.5) is 5.69 Å². The molecular formula is C21H20N6O3. The summed E-state index contributed by atoms with van der Waals surface area (Å²) in [6.07, 6.45) is 1.33. The van der Waals surface area contributed by atoms with Gasteiger partial charge in [-0.1, -0.05) is 23.4 Å². The van der Waals surface area contributed by atoms with Crippen LogP contribution in [0.2, 0.25) is 0 Å². The number of aromatic nitrogens is 5. The Kier molecular flexibility index (Phi) is 5.01. The Bertz CT molecular complexity index is 1310. The van der Waals surface area contributed by atoms with Gasteiger partial charge in [0, 0.05) is 11.8 Å². The molecule has 0 unspecified atom stereocenters. The first-order chi connectivity index (χ1) is 14.5. The van der Waals surface area contributed by atoms with Crippen LogP contribution in [-0.4, -0.2) is 37.6 Å². The minimum absolute atomic E-state index is 0.0832. The zero-order chi connectivity index (χ0) is 21.3. The van der Waals surface area contributed by atoms with Crippen LogP contribution in [-0.2, 0) is 11.3 Å². The van der Waals surface area contributed by atoms with E-state index in [4.69, 9.17) is 4.74 Å². The second-order valence-corrected chi connectivity index (χ2v) is 6.92. The number of anilines is 1. The molecule has 0 atom stereocenters. The van der Waals surface area contributed by atoms with Gasteiger partial charge < -0.3 is 10.1 Å². The summed E-state index contributed by atoms with van der Waals surface area (Å²) in [5.41, 5.74) is 3.30. The van der Waals surface area contributed by atoms with Crippen molar-refractivity contribution in [3.63, 3.8) is 0 Å². The number of methoxy groups -OCH3 is 1. The number of carbonyl (C=O) groups is 1. The SMILES string of the molecule is COc1cccc(-n2nnc3c(=O)n(CC(=O)Nc4cc(C)ccc4C)cnc32)c1. The fourth-order valence-electron chi connectivity index (χ4n) is 3.09. The smallest absolute Gasteiger partial charge is 0.284 e. The molecule has 0 fully saturated rings. The minimum atomic E-state index is -0.440. The number of hydrogen-bond acceptors (Lipinski definition) is 6. The average Bonchev–Trinajstić information content (AvgIpc) is 3.18. The standard InChI is InChI=1S/C21H20N6O3/c1-13-7-8-14(2)17(9-13)23-18(28)11-26-12-22-20-19(21(26)29)24-25-27(20)15-5-4-6-16(10-15)30-3/h4-10,12H,11H2,1-3H3,(H,23,28). The van der Waals surface area contributed by atoms with Crippen LogP contribution in [0.3, 0.4) is 0 Å². The average molecular weight is 404 g/mol. The summed E-state index contributed by atoms with van der Waals surface area (Å²) in [5, 5.41) is 10.9. The van der Waals surface area contributed by atoms with Crippen LogP contribution < -0.4 is 15.6 Å². The second-order valence-electron chi connectivity index (χ2n) is 6.92. The maximum atomic E-state index is 12.8. The Hall–Kier alpha value is -4.01. The molecule has 1 amide bonds. The molecule has 2 aromatic carbocycles. The molecule has 0 aliphatic rings. The molecule has 152 valence electrons. The number of ether oxygens (including phenoxy) is 1. The largest absolute Gasteiger partial charge is 0.497 e. The van der Waals surface area contributed by atoms with Gasteiger partial charge in [-0.3, -0.25) is 14.2 Å². The molecule has 0 bridgehead atoms. The topological polar surface area (TPSA) is 104 Å². The first kappa shape index (κ1) is 19.3. The molecular weight excluding hydrogens is 384 g/mol. The summed E-state index contributed by atoms with van der Waals surface area (Å²) in [6, 6.07) is 13.0. The van der Waals surface area contributed by atoms with E-state index in [9.17, 15) is 9.59 Å². The predicted molar refractivity (Wildman–Crippen MR) is 112 cm³/mol. The van der Waals surface area contributed by atoms with Crippen molar-refractivity contribution in [2.45, 2.75) is 20.4 Å². The number of nitrogens with zero attached hydrogens (tertiary/aromatic N) is 5. The molecule has 0 aliphatic carbocycles. The zero-order valence-corrected chi connectivity index (χ0v) is 16.8.